The number of esters is 2. The van der Waals surface area contributed by atoms with E-state index >= 15 is 0 Å². The van der Waals surface area contributed by atoms with Gasteiger partial charge >= 0.3 is 11.9 Å². The van der Waals surface area contributed by atoms with Gasteiger partial charge in [-0.15, -0.1) is 0 Å². The first-order valence-electron chi connectivity index (χ1n) is 27.6. The van der Waals surface area contributed by atoms with Crippen molar-refractivity contribution in [2.45, 2.75) is 248 Å². The van der Waals surface area contributed by atoms with E-state index in [-0.39, 0.29) is 19.4 Å². The minimum atomic E-state index is -1.78. The largest absolute Gasteiger partial charge is 0.462 e. The van der Waals surface area contributed by atoms with Gasteiger partial charge in [0, 0.05) is 12.8 Å². The maximum absolute atomic E-state index is 13.0. The topological polar surface area (TPSA) is 231 Å². The number of rotatable bonds is 42. The van der Waals surface area contributed by atoms with Gasteiger partial charge in [0.2, 0.25) is 0 Å². The molecule has 0 aromatic carbocycles. The van der Waals surface area contributed by atoms with Crippen molar-refractivity contribution >= 4 is 11.9 Å². The molecule has 2 aliphatic rings. The van der Waals surface area contributed by atoms with Crippen LogP contribution in [-0.2, 0) is 38.0 Å². The maximum Gasteiger partial charge on any atom is 0.306 e. The predicted molar refractivity (Wildman–Crippen MR) is 279 cm³/mol. The molecule has 0 aromatic rings. The van der Waals surface area contributed by atoms with Gasteiger partial charge < -0.3 is 64.2 Å². The standard InChI is InChI=1S/C57H96O15/c1-3-5-7-9-11-13-15-17-18-19-20-21-22-23-24-25-26-28-29-31-33-35-37-39-48(59)67-42-45(70-49(60)40-38-36-34-32-30-27-16-14-12-10-8-6-4-2)43-68-56-55(66)53(64)51(62)47(72-56)44-69-57-54(65)52(63)50(61)46(41-58)71-57/h6,8,10,12,14,16,23-24,27,30,32,34,45-47,50-58,61-66H,3-5,7,9,11,13,15,17-22,25-26,28-29,31,33,35-44H2,1-2H3/b8-6+,12-10+,16-14+,24-23+,30-27+,34-32+/t45?,46-,47-,50+,51+,52?,53?,54?,55?,56-,57-/m1/s1. The Balaban J connectivity index is 1.76. The number of aliphatic hydroxyl groups is 7. The second-order valence-corrected chi connectivity index (χ2v) is 19.1. The molecular weight excluding hydrogens is 925 g/mol. The van der Waals surface area contributed by atoms with Crippen LogP contribution < -0.4 is 0 Å². The van der Waals surface area contributed by atoms with Crippen molar-refractivity contribution in [1.82, 2.24) is 0 Å². The molecule has 2 aliphatic heterocycles. The van der Waals surface area contributed by atoms with Gasteiger partial charge in [0.25, 0.3) is 0 Å². The Morgan fingerprint density at radius 2 is 0.903 bits per heavy atom. The van der Waals surface area contributed by atoms with E-state index in [1.54, 1.807) is 0 Å². The summed E-state index contributed by atoms with van der Waals surface area (Å²) in [6.45, 7) is 2.36. The molecule has 15 nitrogen and oxygen atoms in total. The lowest BCUT2D eigenvalue weighted by molar-refractivity contribution is -0.332. The summed E-state index contributed by atoms with van der Waals surface area (Å²) < 4.78 is 33.5. The van der Waals surface area contributed by atoms with Crippen molar-refractivity contribution in [3.8, 4) is 0 Å². The summed E-state index contributed by atoms with van der Waals surface area (Å²) >= 11 is 0. The highest BCUT2D eigenvalue weighted by Crippen LogP contribution is 2.26. The van der Waals surface area contributed by atoms with Crippen LogP contribution in [0.3, 0.4) is 0 Å². The molecule has 5 unspecified atom stereocenters. The molecule has 2 fully saturated rings. The van der Waals surface area contributed by atoms with E-state index in [2.05, 4.69) is 32.1 Å². The third-order valence-electron chi connectivity index (χ3n) is 12.8. The molecule has 7 N–H and O–H groups in total. The van der Waals surface area contributed by atoms with Crippen LogP contribution in [0.15, 0.2) is 72.9 Å². The molecule has 2 rings (SSSR count). The van der Waals surface area contributed by atoms with E-state index in [0.29, 0.717) is 19.3 Å². The van der Waals surface area contributed by atoms with Gasteiger partial charge in [0.15, 0.2) is 18.7 Å². The summed E-state index contributed by atoms with van der Waals surface area (Å²) in [6.07, 6.45) is 35.3. The molecule has 0 aliphatic carbocycles. The normalized spacial score (nSPS) is 25.6. The Morgan fingerprint density at radius 3 is 1.44 bits per heavy atom. The minimum absolute atomic E-state index is 0.0650. The van der Waals surface area contributed by atoms with Gasteiger partial charge in [-0.2, -0.15) is 0 Å². The maximum atomic E-state index is 13.0. The molecule has 2 saturated heterocycles. The lowest BCUT2D eigenvalue weighted by Gasteiger charge is -2.42. The second kappa shape index (κ2) is 43.2. The van der Waals surface area contributed by atoms with Crippen LogP contribution in [0.4, 0.5) is 0 Å². The summed E-state index contributed by atoms with van der Waals surface area (Å²) in [7, 11) is 0. The van der Waals surface area contributed by atoms with E-state index < -0.39 is 99.3 Å². The Bertz CT molecular complexity index is 1530. The number of ether oxygens (including phenoxy) is 6. The van der Waals surface area contributed by atoms with Crippen LogP contribution in [0.2, 0.25) is 0 Å². The van der Waals surface area contributed by atoms with E-state index in [1.807, 2.05) is 54.7 Å². The highest BCUT2D eigenvalue weighted by molar-refractivity contribution is 5.70. The minimum Gasteiger partial charge on any atom is -0.462 e. The van der Waals surface area contributed by atoms with Crippen LogP contribution in [-0.4, -0.2) is 142 Å². The second-order valence-electron chi connectivity index (χ2n) is 19.1. The van der Waals surface area contributed by atoms with Crippen LogP contribution in [0.5, 0.6) is 0 Å². The summed E-state index contributed by atoms with van der Waals surface area (Å²) in [5, 5.41) is 72.1. The lowest BCUT2D eigenvalue weighted by atomic mass is 9.98. The number of unbranched alkanes of at least 4 members (excludes halogenated alkanes) is 20. The van der Waals surface area contributed by atoms with Crippen molar-refractivity contribution in [3.05, 3.63) is 72.9 Å². The molecular formula is C57H96O15. The van der Waals surface area contributed by atoms with Crippen molar-refractivity contribution in [3.63, 3.8) is 0 Å². The molecule has 0 spiro atoms. The quantitative estimate of drug-likeness (QED) is 0.0131. The number of carbonyl (C=O) groups is 2. The zero-order chi connectivity index (χ0) is 52.4. The number of aliphatic hydroxyl groups excluding tert-OH is 7. The summed E-state index contributed by atoms with van der Waals surface area (Å²) in [4.78, 5) is 25.8. The third kappa shape index (κ3) is 30.3. The Labute approximate surface area is 432 Å². The molecule has 0 saturated carbocycles. The molecule has 72 heavy (non-hydrogen) atoms. The average Bonchev–Trinajstić information content (AvgIpc) is 3.37. The SMILES string of the molecule is CC/C=C/C=C/C=C/C=C/C=C/CCCC(=O)OC(COC(=O)CCCCCCCCC/C=C/CCCCCCCCCCCCCC)CO[C@@H]1O[C@H](CO[C@@H]2O[C@H](CO)[C@H](O)C(O)C2O)[C@H](O)C(O)C1O. The molecule has 0 aromatic heterocycles. The monoisotopic (exact) mass is 1020 g/mol. The zero-order valence-electron chi connectivity index (χ0n) is 43.9. The average molecular weight is 1020 g/mol. The van der Waals surface area contributed by atoms with Gasteiger partial charge in [0.1, 0.15) is 55.4 Å². The van der Waals surface area contributed by atoms with Gasteiger partial charge in [0.05, 0.1) is 19.8 Å². The fourth-order valence-corrected chi connectivity index (χ4v) is 8.30. The number of allylic oxidation sites excluding steroid dienone is 12. The molecule has 15 heteroatoms. The van der Waals surface area contributed by atoms with Crippen molar-refractivity contribution in [2.75, 3.05) is 26.4 Å². The van der Waals surface area contributed by atoms with E-state index in [4.69, 9.17) is 28.4 Å². The fourth-order valence-electron chi connectivity index (χ4n) is 8.30. The first-order valence-corrected chi connectivity index (χ1v) is 27.6. The van der Waals surface area contributed by atoms with Gasteiger partial charge in [-0.05, 0) is 51.4 Å². The van der Waals surface area contributed by atoms with Gasteiger partial charge in [-0.1, -0.05) is 189 Å². The lowest BCUT2D eigenvalue weighted by Crippen LogP contribution is -2.61. The predicted octanol–water partition coefficient (Wildman–Crippen LogP) is 8.60. The molecule has 0 bridgehead atoms. The van der Waals surface area contributed by atoms with Gasteiger partial charge in [-0.3, -0.25) is 9.59 Å². The molecule has 0 radical (unpaired) electrons. The van der Waals surface area contributed by atoms with E-state index in [0.717, 1.165) is 38.5 Å². The molecule has 0 amide bonds. The number of hydrogen-bond donors (Lipinski definition) is 7. The Kier molecular flexibility index (Phi) is 39.0. The van der Waals surface area contributed by atoms with Crippen LogP contribution in [0, 0.1) is 0 Å². The molecule has 414 valence electrons. The Morgan fingerprint density at radius 1 is 0.458 bits per heavy atom. The molecule has 2 heterocycles. The Hall–Kier alpha value is -3.06. The fraction of sp³-hybridized carbons (Fsp3) is 0.754. The van der Waals surface area contributed by atoms with Crippen LogP contribution in [0.1, 0.15) is 181 Å². The third-order valence-corrected chi connectivity index (χ3v) is 12.8. The van der Waals surface area contributed by atoms with Crippen LogP contribution in [0.25, 0.3) is 0 Å². The van der Waals surface area contributed by atoms with Gasteiger partial charge in [-0.25, -0.2) is 0 Å². The number of carbonyl (C=O) groups excluding carboxylic acids is 2. The smallest absolute Gasteiger partial charge is 0.306 e. The van der Waals surface area contributed by atoms with E-state index in [9.17, 15) is 45.3 Å². The van der Waals surface area contributed by atoms with Crippen molar-refractivity contribution < 1.29 is 73.8 Å². The first kappa shape index (κ1) is 65.1. The highest BCUT2D eigenvalue weighted by Gasteiger charge is 2.47. The summed E-state index contributed by atoms with van der Waals surface area (Å²) in [5.74, 6) is -1.02. The van der Waals surface area contributed by atoms with Crippen molar-refractivity contribution in [1.29, 1.82) is 0 Å². The highest BCUT2D eigenvalue weighted by atomic mass is 16.7. The van der Waals surface area contributed by atoms with Crippen molar-refractivity contribution in [2.24, 2.45) is 0 Å². The zero-order valence-corrected chi connectivity index (χ0v) is 43.9. The number of hydrogen-bond acceptors (Lipinski definition) is 15. The summed E-state index contributed by atoms with van der Waals surface area (Å²) in [5.41, 5.74) is 0. The summed E-state index contributed by atoms with van der Waals surface area (Å²) in [6, 6.07) is 0. The van der Waals surface area contributed by atoms with E-state index in [1.165, 1.54) is 96.3 Å². The van der Waals surface area contributed by atoms with Crippen LogP contribution >= 0.6 is 0 Å². The molecule has 11 atom stereocenters. The first-order chi connectivity index (χ1) is 35.0.